The molecular weight excluding hydrogens is 448 g/mol. The predicted molar refractivity (Wildman–Crippen MR) is 134 cm³/mol. The highest BCUT2D eigenvalue weighted by molar-refractivity contribution is 5.79. The Morgan fingerprint density at radius 1 is 0.771 bits per heavy atom. The minimum atomic E-state index is -0.515. The normalized spacial score (nSPS) is 12.5. The summed E-state index contributed by atoms with van der Waals surface area (Å²) in [6.07, 6.45) is -0.210. The van der Waals surface area contributed by atoms with Crippen LogP contribution in [0.3, 0.4) is 0 Å². The van der Waals surface area contributed by atoms with Crippen LogP contribution in [0.5, 0.6) is 0 Å². The molecule has 0 bridgehead atoms. The Morgan fingerprint density at radius 2 is 1.34 bits per heavy atom. The van der Waals surface area contributed by atoms with Crippen molar-refractivity contribution in [2.75, 3.05) is 46.1 Å². The number of hydrogen-bond acceptors (Lipinski definition) is 6. The Labute approximate surface area is 207 Å². The molecule has 0 saturated carbocycles. The Kier molecular flexibility index (Phi) is 9.93. The molecule has 0 heterocycles. The number of amides is 2. The van der Waals surface area contributed by atoms with Gasteiger partial charge in [0.25, 0.3) is 0 Å². The molecule has 8 nitrogen and oxygen atoms in total. The number of benzene rings is 2. The molecule has 190 valence electrons. The average Bonchev–Trinajstić information content (AvgIpc) is 3.14. The second-order valence-corrected chi connectivity index (χ2v) is 9.26. The van der Waals surface area contributed by atoms with E-state index in [1.54, 1.807) is 0 Å². The van der Waals surface area contributed by atoms with Crippen LogP contribution in [0.2, 0.25) is 0 Å². The quantitative estimate of drug-likeness (QED) is 0.432. The Balaban J connectivity index is 1.20. The summed E-state index contributed by atoms with van der Waals surface area (Å²) in [6.45, 7) is 8.34. The molecule has 2 aromatic rings. The molecular formula is C27H36N2O6. The van der Waals surface area contributed by atoms with Crippen molar-refractivity contribution in [1.82, 2.24) is 10.6 Å². The van der Waals surface area contributed by atoms with E-state index >= 15 is 0 Å². The highest BCUT2D eigenvalue weighted by Gasteiger charge is 2.28. The van der Waals surface area contributed by atoms with Crippen LogP contribution < -0.4 is 10.6 Å². The average molecular weight is 485 g/mol. The van der Waals surface area contributed by atoms with Crippen molar-refractivity contribution in [3.05, 3.63) is 59.7 Å². The molecule has 0 aliphatic heterocycles. The van der Waals surface area contributed by atoms with Crippen molar-refractivity contribution in [2.24, 2.45) is 0 Å². The number of ether oxygens (including phenoxy) is 4. The number of carbonyl (C=O) groups excluding carboxylic acids is 2. The number of carbonyl (C=O) groups is 2. The van der Waals surface area contributed by atoms with Crippen molar-refractivity contribution < 1.29 is 28.5 Å². The fourth-order valence-corrected chi connectivity index (χ4v) is 3.88. The van der Waals surface area contributed by atoms with Gasteiger partial charge in [-0.3, -0.25) is 0 Å². The predicted octanol–water partition coefficient (Wildman–Crippen LogP) is 4.47. The van der Waals surface area contributed by atoms with E-state index in [2.05, 4.69) is 34.9 Å². The molecule has 2 N–H and O–H groups in total. The molecule has 1 aliphatic rings. The molecule has 0 atom stereocenters. The zero-order valence-electron chi connectivity index (χ0n) is 20.8. The lowest BCUT2D eigenvalue weighted by Crippen LogP contribution is -2.34. The number of alkyl carbamates (subject to hydrolysis) is 2. The molecule has 35 heavy (non-hydrogen) atoms. The highest BCUT2D eigenvalue weighted by atomic mass is 16.6. The van der Waals surface area contributed by atoms with Gasteiger partial charge in [0.15, 0.2) is 0 Å². The molecule has 0 radical (unpaired) electrons. The minimum Gasteiger partial charge on any atom is -0.449 e. The standard InChI is InChI=1S/C27H36N2O6/c1-27(2,3)35-26(31)29-14-16-33-18-17-32-15-8-13-28-25(30)34-19-24-22-11-6-4-9-20(22)21-10-5-7-12-23(21)24/h4-7,9-12,24H,8,13-19H2,1-3H3,(H,28,30)(H,29,31). The van der Waals surface area contributed by atoms with Gasteiger partial charge >= 0.3 is 12.2 Å². The number of rotatable bonds is 12. The van der Waals surface area contributed by atoms with Crippen molar-refractivity contribution in [2.45, 2.75) is 38.7 Å². The first-order valence-corrected chi connectivity index (χ1v) is 12.1. The van der Waals surface area contributed by atoms with E-state index in [0.29, 0.717) is 52.5 Å². The number of hydrogen-bond donors (Lipinski definition) is 2. The second-order valence-electron chi connectivity index (χ2n) is 9.26. The Morgan fingerprint density at radius 3 is 1.97 bits per heavy atom. The topological polar surface area (TPSA) is 95.1 Å². The van der Waals surface area contributed by atoms with Crippen molar-refractivity contribution in [1.29, 1.82) is 0 Å². The molecule has 2 amide bonds. The first-order chi connectivity index (χ1) is 16.8. The zero-order chi connectivity index (χ0) is 25.1. The lowest BCUT2D eigenvalue weighted by atomic mass is 9.98. The number of nitrogens with one attached hydrogen (secondary N) is 2. The van der Waals surface area contributed by atoms with Crippen LogP contribution in [-0.2, 0) is 18.9 Å². The molecule has 0 unspecified atom stereocenters. The van der Waals surface area contributed by atoms with E-state index < -0.39 is 17.8 Å². The third kappa shape index (κ3) is 8.56. The fourth-order valence-electron chi connectivity index (χ4n) is 3.88. The van der Waals surface area contributed by atoms with Gasteiger partial charge in [-0.1, -0.05) is 48.5 Å². The number of fused-ring (bicyclic) bond motifs is 3. The van der Waals surface area contributed by atoms with Crippen LogP contribution in [0.15, 0.2) is 48.5 Å². The van der Waals surface area contributed by atoms with E-state index in [1.165, 1.54) is 22.3 Å². The van der Waals surface area contributed by atoms with E-state index in [4.69, 9.17) is 18.9 Å². The van der Waals surface area contributed by atoms with Crippen LogP contribution in [0.25, 0.3) is 11.1 Å². The molecule has 1 aliphatic carbocycles. The lowest BCUT2D eigenvalue weighted by molar-refractivity contribution is 0.0394. The molecule has 0 aromatic heterocycles. The largest absolute Gasteiger partial charge is 0.449 e. The third-order valence-corrected chi connectivity index (χ3v) is 5.37. The smallest absolute Gasteiger partial charge is 0.407 e. The summed E-state index contributed by atoms with van der Waals surface area (Å²) < 4.78 is 21.6. The van der Waals surface area contributed by atoms with Crippen molar-refractivity contribution in [3.8, 4) is 11.1 Å². The summed E-state index contributed by atoms with van der Waals surface area (Å²) in [5.74, 6) is 0.0517. The Bertz CT molecular complexity index is 927. The lowest BCUT2D eigenvalue weighted by Gasteiger charge is -2.19. The molecule has 0 fully saturated rings. The van der Waals surface area contributed by atoms with Crippen molar-refractivity contribution >= 4 is 12.2 Å². The SMILES string of the molecule is CC(C)(C)OC(=O)NCCOCCOCCCNC(=O)OCC1c2ccccc2-c2ccccc21. The third-order valence-electron chi connectivity index (χ3n) is 5.37. The van der Waals surface area contributed by atoms with E-state index in [9.17, 15) is 9.59 Å². The van der Waals surface area contributed by atoms with Gasteiger partial charge in [0.05, 0.1) is 19.8 Å². The van der Waals surface area contributed by atoms with Crippen LogP contribution in [0, 0.1) is 0 Å². The molecule has 0 saturated heterocycles. The molecule has 8 heteroatoms. The first kappa shape index (κ1) is 26.5. The van der Waals surface area contributed by atoms with Crippen LogP contribution in [0.4, 0.5) is 9.59 Å². The molecule has 0 spiro atoms. The maximum Gasteiger partial charge on any atom is 0.407 e. The molecule has 2 aromatic carbocycles. The first-order valence-electron chi connectivity index (χ1n) is 12.1. The van der Waals surface area contributed by atoms with Crippen LogP contribution in [-0.4, -0.2) is 63.9 Å². The van der Waals surface area contributed by atoms with E-state index in [-0.39, 0.29) is 5.92 Å². The van der Waals surface area contributed by atoms with E-state index in [1.807, 2.05) is 45.0 Å². The second kappa shape index (κ2) is 13.1. The van der Waals surface area contributed by atoms with E-state index in [0.717, 1.165) is 0 Å². The summed E-state index contributed by atoms with van der Waals surface area (Å²) in [4.78, 5) is 23.6. The van der Waals surface area contributed by atoms with Gasteiger partial charge in [-0.15, -0.1) is 0 Å². The van der Waals surface area contributed by atoms with Gasteiger partial charge in [0.2, 0.25) is 0 Å². The monoisotopic (exact) mass is 484 g/mol. The summed E-state index contributed by atoms with van der Waals surface area (Å²) in [7, 11) is 0. The summed E-state index contributed by atoms with van der Waals surface area (Å²) in [6, 6.07) is 16.5. The summed E-state index contributed by atoms with van der Waals surface area (Å²) >= 11 is 0. The minimum absolute atomic E-state index is 0.0517. The van der Waals surface area contributed by atoms with Gasteiger partial charge < -0.3 is 29.6 Å². The van der Waals surface area contributed by atoms with Gasteiger partial charge in [-0.25, -0.2) is 9.59 Å². The van der Waals surface area contributed by atoms with Gasteiger partial charge in [0.1, 0.15) is 12.2 Å². The van der Waals surface area contributed by atoms with Gasteiger partial charge in [-0.2, -0.15) is 0 Å². The fraction of sp³-hybridized carbons (Fsp3) is 0.481. The van der Waals surface area contributed by atoms with Gasteiger partial charge in [0, 0.05) is 25.6 Å². The maximum atomic E-state index is 12.2. The Hall–Kier alpha value is -3.10. The van der Waals surface area contributed by atoms with Crippen LogP contribution >= 0.6 is 0 Å². The zero-order valence-corrected chi connectivity index (χ0v) is 20.8. The molecule has 3 rings (SSSR count). The van der Waals surface area contributed by atoms with Gasteiger partial charge in [-0.05, 0) is 49.4 Å². The van der Waals surface area contributed by atoms with Crippen LogP contribution in [0.1, 0.15) is 44.2 Å². The van der Waals surface area contributed by atoms with Crippen molar-refractivity contribution in [3.63, 3.8) is 0 Å². The highest BCUT2D eigenvalue weighted by Crippen LogP contribution is 2.44. The maximum absolute atomic E-state index is 12.2. The summed E-state index contributed by atoms with van der Waals surface area (Å²) in [5.41, 5.74) is 4.28. The summed E-state index contributed by atoms with van der Waals surface area (Å²) in [5, 5.41) is 5.40.